The van der Waals surface area contributed by atoms with Crippen LogP contribution in [0.3, 0.4) is 0 Å². The number of thiocarbonyl (C=S) groups is 1. The lowest BCUT2D eigenvalue weighted by atomic mass is 10.1. The van der Waals surface area contributed by atoms with Crippen LogP contribution < -0.4 is 43.1 Å². The van der Waals surface area contributed by atoms with Crippen molar-refractivity contribution in [2.75, 3.05) is 41.4 Å². The molecule has 3 aromatic carbocycles. The smallest absolute Gasteiger partial charge is 0.323 e. The third-order valence-electron chi connectivity index (χ3n) is 5.95. The highest BCUT2D eigenvalue weighted by Crippen LogP contribution is 2.23. The third-order valence-corrected chi connectivity index (χ3v) is 6.15. The lowest BCUT2D eigenvalue weighted by Gasteiger charge is -2.16. The summed E-state index contributed by atoms with van der Waals surface area (Å²) < 4.78 is 0. The fourth-order valence-corrected chi connectivity index (χ4v) is 4.23. The van der Waals surface area contributed by atoms with E-state index in [0.29, 0.717) is 34.0 Å². The Morgan fingerprint density at radius 1 is 0.976 bits per heavy atom. The second-order valence-corrected chi connectivity index (χ2v) is 9.45. The molecule has 0 unspecified atom stereocenters. The van der Waals surface area contributed by atoms with Gasteiger partial charge in [0.2, 0.25) is 5.96 Å². The van der Waals surface area contributed by atoms with Crippen molar-refractivity contribution in [2.45, 2.75) is 6.92 Å². The molecule has 1 aliphatic heterocycles. The van der Waals surface area contributed by atoms with Gasteiger partial charge in [-0.3, -0.25) is 15.2 Å². The van der Waals surface area contributed by atoms with E-state index < -0.39 is 6.03 Å². The Morgan fingerprint density at radius 3 is 2.38 bits per heavy atom. The van der Waals surface area contributed by atoms with Gasteiger partial charge in [-0.1, -0.05) is 24.3 Å². The maximum atomic E-state index is 12.8. The van der Waals surface area contributed by atoms with E-state index in [-0.39, 0.29) is 17.0 Å². The number of hydrogen-bond donors (Lipinski definition) is 9. The number of guanidine groups is 1. The number of amidine groups is 1. The number of urea groups is 1. The van der Waals surface area contributed by atoms with Gasteiger partial charge in [0.15, 0.2) is 5.11 Å². The molecular weight excluding hydrogens is 554 g/mol. The molecule has 3 amide bonds. The SMILES string of the molecule is CNC(=O)c1ccc(NC(=O)Nc2cccc(C3=NCCN3)c2)cc1NC(=S)Nc1cccc(/C(C)=N\NC(=N)N)c1. The number of hydrogen-bond acceptors (Lipinski definition) is 7. The molecule has 1 aliphatic rings. The lowest BCUT2D eigenvalue weighted by molar-refractivity contribution is 0.0964. The number of nitrogens with two attached hydrogens (primary N) is 1. The first-order valence-electron chi connectivity index (χ1n) is 12.9. The van der Waals surface area contributed by atoms with E-state index in [0.717, 1.165) is 30.1 Å². The minimum absolute atomic E-state index is 0.218. The van der Waals surface area contributed by atoms with Gasteiger partial charge in [-0.05, 0) is 67.2 Å². The molecule has 0 fully saturated rings. The molecule has 13 nitrogen and oxygen atoms in total. The fraction of sp³-hybridized carbons (Fsp3) is 0.143. The van der Waals surface area contributed by atoms with E-state index in [1.54, 1.807) is 31.2 Å². The Balaban J connectivity index is 1.46. The van der Waals surface area contributed by atoms with Crippen molar-refractivity contribution in [2.24, 2.45) is 15.8 Å². The molecule has 4 rings (SSSR count). The minimum atomic E-state index is -0.457. The largest absolute Gasteiger partial charge is 0.369 e. The molecule has 0 saturated carbocycles. The quantitative estimate of drug-likeness (QED) is 0.0833. The van der Waals surface area contributed by atoms with Crippen LogP contribution in [0.5, 0.6) is 0 Å². The Morgan fingerprint density at radius 2 is 1.69 bits per heavy atom. The number of carbonyl (C=O) groups excluding carboxylic acids is 2. The summed E-state index contributed by atoms with van der Waals surface area (Å²) in [5.74, 6) is 0.198. The number of carbonyl (C=O) groups is 2. The Bertz CT molecular complexity index is 1590. The molecule has 0 radical (unpaired) electrons. The Labute approximate surface area is 248 Å². The maximum absolute atomic E-state index is 12.8. The number of hydrazone groups is 1. The summed E-state index contributed by atoms with van der Waals surface area (Å²) in [6.45, 7) is 3.28. The summed E-state index contributed by atoms with van der Waals surface area (Å²) in [5.41, 5.74) is 12.4. The van der Waals surface area contributed by atoms with E-state index in [1.807, 2.05) is 42.5 Å². The monoisotopic (exact) mass is 585 g/mol. The molecule has 0 spiro atoms. The van der Waals surface area contributed by atoms with Gasteiger partial charge in [-0.2, -0.15) is 5.10 Å². The molecule has 0 saturated heterocycles. The summed E-state index contributed by atoms with van der Waals surface area (Å²) in [4.78, 5) is 29.8. The highest BCUT2D eigenvalue weighted by molar-refractivity contribution is 7.80. The van der Waals surface area contributed by atoms with E-state index in [4.69, 9.17) is 23.4 Å². The van der Waals surface area contributed by atoms with Gasteiger partial charge in [-0.25, -0.2) is 10.2 Å². The second-order valence-electron chi connectivity index (χ2n) is 9.04. The van der Waals surface area contributed by atoms with Crippen molar-refractivity contribution in [1.82, 2.24) is 16.1 Å². The Kier molecular flexibility index (Phi) is 9.63. The second kappa shape index (κ2) is 13.7. The fourth-order valence-electron chi connectivity index (χ4n) is 4.00. The van der Waals surface area contributed by atoms with Crippen LogP contribution in [0.15, 0.2) is 76.8 Å². The van der Waals surface area contributed by atoms with E-state index >= 15 is 0 Å². The molecular formula is C28H31N11O2S. The van der Waals surface area contributed by atoms with Gasteiger partial charge < -0.3 is 37.6 Å². The third kappa shape index (κ3) is 8.02. The van der Waals surface area contributed by atoms with Gasteiger partial charge in [-0.15, -0.1) is 0 Å². The first-order valence-corrected chi connectivity index (χ1v) is 13.3. The van der Waals surface area contributed by atoms with Gasteiger partial charge in [0.1, 0.15) is 5.84 Å². The van der Waals surface area contributed by atoms with Crippen LogP contribution in [0, 0.1) is 5.41 Å². The molecule has 14 heteroatoms. The highest BCUT2D eigenvalue weighted by atomic mass is 32.1. The van der Waals surface area contributed by atoms with Crippen LogP contribution in [-0.2, 0) is 0 Å². The van der Waals surface area contributed by atoms with Crippen molar-refractivity contribution < 1.29 is 9.59 Å². The first kappa shape index (κ1) is 29.5. The number of aliphatic imine (C=N–C) groups is 1. The van der Waals surface area contributed by atoms with Crippen LogP contribution in [0.2, 0.25) is 0 Å². The van der Waals surface area contributed by atoms with Crippen molar-refractivity contribution in [3.05, 3.63) is 83.4 Å². The number of anilines is 4. The zero-order chi connectivity index (χ0) is 30.1. The zero-order valence-electron chi connectivity index (χ0n) is 23.0. The Hall–Kier alpha value is -5.50. The lowest BCUT2D eigenvalue weighted by Crippen LogP contribution is -2.26. The van der Waals surface area contributed by atoms with Crippen LogP contribution >= 0.6 is 12.2 Å². The average molecular weight is 586 g/mol. The van der Waals surface area contributed by atoms with E-state index in [2.05, 4.69) is 47.4 Å². The molecule has 0 aromatic heterocycles. The predicted molar refractivity (Wildman–Crippen MR) is 172 cm³/mol. The summed E-state index contributed by atoms with van der Waals surface area (Å²) in [7, 11) is 1.53. The number of nitrogens with zero attached hydrogens (tertiary/aromatic N) is 2. The molecule has 0 aliphatic carbocycles. The van der Waals surface area contributed by atoms with Gasteiger partial charge >= 0.3 is 6.03 Å². The summed E-state index contributed by atoms with van der Waals surface area (Å²) in [6, 6.07) is 19.1. The average Bonchev–Trinajstić information content (AvgIpc) is 3.51. The van der Waals surface area contributed by atoms with Crippen LogP contribution in [0.4, 0.5) is 27.5 Å². The zero-order valence-corrected chi connectivity index (χ0v) is 23.8. The first-order chi connectivity index (χ1) is 20.2. The number of rotatable bonds is 8. The molecule has 10 N–H and O–H groups in total. The summed E-state index contributed by atoms with van der Waals surface area (Å²) in [6.07, 6.45) is 0. The molecule has 0 atom stereocenters. The van der Waals surface area contributed by atoms with Crippen LogP contribution in [-0.4, -0.2) is 54.7 Å². The van der Waals surface area contributed by atoms with Crippen molar-refractivity contribution in [1.29, 1.82) is 5.41 Å². The normalized spacial score (nSPS) is 12.3. The topological polar surface area (TPSA) is 193 Å². The molecule has 0 bridgehead atoms. The van der Waals surface area contributed by atoms with Gasteiger partial charge in [0.05, 0.1) is 23.5 Å². The minimum Gasteiger partial charge on any atom is -0.369 e. The molecule has 1 heterocycles. The number of benzene rings is 3. The van der Waals surface area contributed by atoms with Crippen LogP contribution in [0.25, 0.3) is 0 Å². The van der Waals surface area contributed by atoms with Gasteiger partial charge in [0, 0.05) is 36.2 Å². The van der Waals surface area contributed by atoms with E-state index in [9.17, 15) is 9.59 Å². The van der Waals surface area contributed by atoms with Crippen molar-refractivity contribution in [3.8, 4) is 0 Å². The summed E-state index contributed by atoms with van der Waals surface area (Å²) in [5, 5.41) is 29.1. The van der Waals surface area contributed by atoms with Crippen molar-refractivity contribution >= 4 is 69.5 Å². The maximum Gasteiger partial charge on any atom is 0.323 e. The standard InChI is InChI=1S/C28H31N11O2S/c1-16(38-39-26(29)30)17-5-3-8-20(13-17)36-28(42)37-23-15-21(9-10-22(23)25(40)31-2)35-27(41)34-19-7-4-6-18(14-19)24-32-11-12-33-24/h3-10,13-15H,11-12H2,1-2H3,(H,31,40)(H,32,33)(H4,29,30,39)(H2,34,35,41)(H2,36,37,42)/b38-16-. The van der Waals surface area contributed by atoms with Gasteiger partial charge in [0.25, 0.3) is 5.91 Å². The predicted octanol–water partition coefficient (Wildman–Crippen LogP) is 3.06. The number of nitrogens with one attached hydrogen (secondary N) is 8. The molecule has 3 aromatic rings. The highest BCUT2D eigenvalue weighted by Gasteiger charge is 2.14. The number of amides is 3. The van der Waals surface area contributed by atoms with Crippen molar-refractivity contribution in [3.63, 3.8) is 0 Å². The van der Waals surface area contributed by atoms with Crippen LogP contribution in [0.1, 0.15) is 28.4 Å². The van der Waals surface area contributed by atoms with E-state index in [1.165, 1.54) is 7.05 Å². The summed E-state index contributed by atoms with van der Waals surface area (Å²) >= 11 is 5.51. The molecule has 216 valence electrons. The molecule has 42 heavy (non-hydrogen) atoms.